The van der Waals surface area contributed by atoms with Crippen LogP contribution < -0.4 is 21.3 Å². The molecule has 0 bridgehead atoms. The maximum atomic E-state index is 11.0. The number of benzene rings is 10. The number of nitrogens with zero attached hydrogens (tertiary/aromatic N) is 3. The van der Waals surface area contributed by atoms with E-state index in [0.717, 1.165) is 76.5 Å². The summed E-state index contributed by atoms with van der Waals surface area (Å²) >= 11 is 0. The molecule has 0 amide bonds. The standard InChI is InChI=1S/C50H30BN3/c52-31-35-30-46(54(39-18-6-2-7-19-39)40-20-8-3-9-21-40)48-43-23-13-12-22-42(43)47-36(32-53)29-45(44-27-26-41(35)49(48)50(44)47)51(37-16-4-1-5-17-37)38-25-24-33-14-10-11-15-34(33)28-38/h1-30H. The monoisotopic (exact) mass is 683 g/mol. The van der Waals surface area contributed by atoms with Gasteiger partial charge in [0.05, 0.1) is 29.0 Å². The summed E-state index contributed by atoms with van der Waals surface area (Å²) in [6.45, 7) is -0.154. The maximum Gasteiger partial charge on any atom is 0.242 e. The van der Waals surface area contributed by atoms with Gasteiger partial charge in [-0.3, -0.25) is 0 Å². The fraction of sp³-hybridized carbons (Fsp3) is 0. The van der Waals surface area contributed by atoms with Gasteiger partial charge < -0.3 is 4.90 Å². The Morgan fingerprint density at radius 1 is 0.389 bits per heavy atom. The molecule has 0 saturated heterocycles. The smallest absolute Gasteiger partial charge is 0.242 e. The second-order valence-electron chi connectivity index (χ2n) is 13.8. The summed E-state index contributed by atoms with van der Waals surface area (Å²) in [5, 5.41) is 32.2. The van der Waals surface area contributed by atoms with Crippen LogP contribution in [0.25, 0.3) is 53.9 Å². The Bertz CT molecular complexity index is 3090. The highest BCUT2D eigenvalue weighted by Crippen LogP contribution is 2.49. The number of rotatable bonds is 6. The molecule has 10 aromatic rings. The molecule has 0 aliphatic carbocycles. The van der Waals surface area contributed by atoms with E-state index >= 15 is 0 Å². The first kappa shape index (κ1) is 31.3. The Morgan fingerprint density at radius 3 is 1.61 bits per heavy atom. The Morgan fingerprint density at radius 2 is 0.944 bits per heavy atom. The number of nitriles is 2. The zero-order valence-electron chi connectivity index (χ0n) is 29.2. The summed E-state index contributed by atoms with van der Waals surface area (Å²) in [7, 11) is 0. The summed E-state index contributed by atoms with van der Waals surface area (Å²) in [5.74, 6) is 0. The number of hydrogen-bond donors (Lipinski definition) is 0. The van der Waals surface area contributed by atoms with Crippen molar-refractivity contribution >= 4 is 94.0 Å². The molecule has 54 heavy (non-hydrogen) atoms. The lowest BCUT2D eigenvalue weighted by molar-refractivity contribution is 1.30. The van der Waals surface area contributed by atoms with Gasteiger partial charge in [0.15, 0.2) is 0 Å². The predicted octanol–water partition coefficient (Wildman–Crippen LogP) is 10.6. The number of para-hydroxylation sites is 2. The van der Waals surface area contributed by atoms with E-state index in [9.17, 15) is 10.5 Å². The largest absolute Gasteiger partial charge is 0.310 e. The molecule has 0 atom stereocenters. The van der Waals surface area contributed by atoms with Crippen LogP contribution in [0.15, 0.2) is 182 Å². The molecule has 0 aliphatic rings. The van der Waals surface area contributed by atoms with Gasteiger partial charge in [0.2, 0.25) is 6.71 Å². The van der Waals surface area contributed by atoms with Gasteiger partial charge in [-0.15, -0.1) is 0 Å². The summed E-state index contributed by atoms with van der Waals surface area (Å²) in [5.41, 5.74) is 7.47. The van der Waals surface area contributed by atoms with Crippen LogP contribution in [-0.4, -0.2) is 6.71 Å². The molecule has 248 valence electrons. The highest BCUT2D eigenvalue weighted by molar-refractivity contribution is 6.97. The van der Waals surface area contributed by atoms with Crippen LogP contribution in [0.5, 0.6) is 0 Å². The Balaban J connectivity index is 1.40. The average Bonchev–Trinajstić information content (AvgIpc) is 3.24. The first-order chi connectivity index (χ1) is 26.7. The molecule has 0 fully saturated rings. The first-order valence-electron chi connectivity index (χ1n) is 18.2. The summed E-state index contributed by atoms with van der Waals surface area (Å²) < 4.78 is 0. The predicted molar refractivity (Wildman–Crippen MR) is 227 cm³/mol. The summed E-state index contributed by atoms with van der Waals surface area (Å²) in [6, 6.07) is 68.5. The van der Waals surface area contributed by atoms with Gasteiger partial charge in [0.1, 0.15) is 0 Å². The van der Waals surface area contributed by atoms with E-state index in [1.165, 1.54) is 10.8 Å². The number of hydrogen-bond acceptors (Lipinski definition) is 3. The van der Waals surface area contributed by atoms with Crippen LogP contribution >= 0.6 is 0 Å². The van der Waals surface area contributed by atoms with Gasteiger partial charge in [-0.25, -0.2) is 0 Å². The molecule has 3 nitrogen and oxygen atoms in total. The summed E-state index contributed by atoms with van der Waals surface area (Å²) in [6.07, 6.45) is 0. The fourth-order valence-electron chi connectivity index (χ4n) is 8.67. The van der Waals surface area contributed by atoms with Gasteiger partial charge in [-0.2, -0.15) is 10.5 Å². The van der Waals surface area contributed by atoms with Crippen LogP contribution in [0, 0.1) is 22.7 Å². The molecular weight excluding hydrogens is 653 g/mol. The van der Waals surface area contributed by atoms with Crippen molar-refractivity contribution in [1.29, 1.82) is 10.5 Å². The topological polar surface area (TPSA) is 50.8 Å². The van der Waals surface area contributed by atoms with Crippen molar-refractivity contribution in [1.82, 2.24) is 0 Å². The van der Waals surface area contributed by atoms with Crippen molar-refractivity contribution in [2.75, 3.05) is 4.90 Å². The van der Waals surface area contributed by atoms with Gasteiger partial charge in [0.25, 0.3) is 0 Å². The SMILES string of the molecule is N#Cc1cc(N(c2ccccc2)c2ccccc2)c2c3ccccc3c3c(C#N)cc(B(c4ccccc4)c4ccc5ccccc5c4)c4ccc1c2c43. The van der Waals surface area contributed by atoms with Crippen molar-refractivity contribution in [2.45, 2.75) is 0 Å². The third-order valence-electron chi connectivity index (χ3n) is 10.9. The molecule has 10 aromatic carbocycles. The van der Waals surface area contributed by atoms with E-state index in [-0.39, 0.29) is 6.71 Å². The van der Waals surface area contributed by atoms with Crippen LogP contribution in [0.2, 0.25) is 0 Å². The van der Waals surface area contributed by atoms with E-state index in [0.29, 0.717) is 11.1 Å². The molecule has 0 heterocycles. The summed E-state index contributed by atoms with van der Waals surface area (Å²) in [4.78, 5) is 2.26. The second kappa shape index (κ2) is 12.7. The fourth-order valence-corrected chi connectivity index (χ4v) is 8.67. The van der Waals surface area contributed by atoms with Crippen LogP contribution in [-0.2, 0) is 0 Å². The number of anilines is 3. The molecule has 0 spiro atoms. The van der Waals surface area contributed by atoms with Crippen molar-refractivity contribution in [2.24, 2.45) is 0 Å². The minimum Gasteiger partial charge on any atom is -0.310 e. The molecule has 0 saturated carbocycles. The highest BCUT2D eigenvalue weighted by atomic mass is 15.1. The van der Waals surface area contributed by atoms with Gasteiger partial charge >= 0.3 is 0 Å². The molecule has 0 unspecified atom stereocenters. The highest BCUT2D eigenvalue weighted by Gasteiger charge is 2.29. The molecule has 0 radical (unpaired) electrons. The van der Waals surface area contributed by atoms with Gasteiger partial charge in [-0.05, 0) is 68.7 Å². The average molecular weight is 684 g/mol. The zero-order chi connectivity index (χ0) is 36.2. The molecular formula is C50H30BN3. The van der Waals surface area contributed by atoms with Crippen LogP contribution in [0.4, 0.5) is 17.1 Å². The first-order valence-corrected chi connectivity index (χ1v) is 18.2. The maximum absolute atomic E-state index is 11.0. The minimum absolute atomic E-state index is 0.154. The van der Waals surface area contributed by atoms with E-state index < -0.39 is 0 Å². The lowest BCUT2D eigenvalue weighted by atomic mass is 9.36. The normalized spacial score (nSPS) is 11.3. The van der Waals surface area contributed by atoms with Gasteiger partial charge in [-0.1, -0.05) is 162 Å². The molecule has 10 rings (SSSR count). The molecule has 0 aromatic heterocycles. The van der Waals surface area contributed by atoms with Crippen molar-refractivity contribution < 1.29 is 0 Å². The van der Waals surface area contributed by atoms with Crippen molar-refractivity contribution in [3.05, 3.63) is 193 Å². The minimum atomic E-state index is -0.154. The number of fused-ring (bicyclic) bond motifs is 4. The quantitative estimate of drug-likeness (QED) is 0.0996. The molecule has 0 N–H and O–H groups in total. The van der Waals surface area contributed by atoms with Crippen molar-refractivity contribution in [3.8, 4) is 12.1 Å². The lowest BCUT2D eigenvalue weighted by Crippen LogP contribution is -2.52. The zero-order valence-corrected chi connectivity index (χ0v) is 29.2. The Kier molecular flexibility index (Phi) is 7.36. The van der Waals surface area contributed by atoms with E-state index in [4.69, 9.17) is 0 Å². The van der Waals surface area contributed by atoms with E-state index in [1.54, 1.807) is 0 Å². The van der Waals surface area contributed by atoms with E-state index in [1.807, 2.05) is 48.5 Å². The Labute approximate surface area is 313 Å². The molecule has 0 aliphatic heterocycles. The molecule has 4 heteroatoms. The van der Waals surface area contributed by atoms with E-state index in [2.05, 4.69) is 150 Å². The van der Waals surface area contributed by atoms with Crippen molar-refractivity contribution in [3.63, 3.8) is 0 Å². The van der Waals surface area contributed by atoms with Crippen LogP contribution in [0.1, 0.15) is 11.1 Å². The van der Waals surface area contributed by atoms with Crippen LogP contribution in [0.3, 0.4) is 0 Å². The third-order valence-corrected chi connectivity index (χ3v) is 10.9. The second-order valence-corrected chi connectivity index (χ2v) is 13.8. The third kappa shape index (κ3) is 4.82. The lowest BCUT2D eigenvalue weighted by Gasteiger charge is -2.29. The van der Waals surface area contributed by atoms with Gasteiger partial charge in [0, 0.05) is 32.9 Å². The Hall–Kier alpha value is -7.40.